The van der Waals surface area contributed by atoms with Crippen molar-refractivity contribution in [2.75, 3.05) is 6.61 Å². The Morgan fingerprint density at radius 1 is 1.23 bits per heavy atom. The first-order valence-corrected chi connectivity index (χ1v) is 11.2. The van der Waals surface area contributed by atoms with Crippen LogP contribution >= 0.6 is 46.3 Å². The summed E-state index contributed by atoms with van der Waals surface area (Å²) in [7, 11) is 0. The summed E-state index contributed by atoms with van der Waals surface area (Å²) >= 11 is 14.2. The first-order chi connectivity index (χ1) is 14.4. The van der Waals surface area contributed by atoms with Crippen LogP contribution in [0.3, 0.4) is 0 Å². The molecule has 1 aliphatic rings. The van der Waals surface area contributed by atoms with E-state index in [0.717, 1.165) is 23.1 Å². The average molecular weight is 493 g/mol. The summed E-state index contributed by atoms with van der Waals surface area (Å²) in [4.78, 5) is 4.39. The second-order valence-corrected chi connectivity index (χ2v) is 9.29. The molecule has 3 N–H and O–H groups in total. The Hall–Kier alpha value is -1.31. The predicted octanol–water partition coefficient (Wildman–Crippen LogP) is 2.62. The summed E-state index contributed by atoms with van der Waals surface area (Å²) in [6, 6.07) is 3.99. The fourth-order valence-electron chi connectivity index (χ4n) is 3.05. The minimum atomic E-state index is -1.27. The molecule has 0 radical (unpaired) electrons. The number of aromatic nitrogens is 4. The molecule has 0 spiro atoms. The Morgan fingerprint density at radius 2 is 2.03 bits per heavy atom. The number of nitrogens with zero attached hydrogens (tertiary/aromatic N) is 4. The Bertz CT molecular complexity index is 1040. The van der Waals surface area contributed by atoms with Crippen molar-refractivity contribution >= 4 is 46.3 Å². The van der Waals surface area contributed by atoms with Crippen LogP contribution in [0, 0.1) is 5.95 Å². The number of thiazole rings is 1. The molecule has 1 aliphatic heterocycles. The molecule has 1 aromatic carbocycles. The van der Waals surface area contributed by atoms with Crippen LogP contribution in [0.15, 0.2) is 34.7 Å². The second-order valence-electron chi connectivity index (χ2n) is 6.45. The van der Waals surface area contributed by atoms with E-state index in [1.165, 1.54) is 16.3 Å². The third-order valence-electron chi connectivity index (χ3n) is 4.50. The summed E-state index contributed by atoms with van der Waals surface area (Å²) in [6.45, 7) is -0.470. The van der Waals surface area contributed by atoms with Crippen LogP contribution in [0.25, 0.3) is 10.7 Å². The summed E-state index contributed by atoms with van der Waals surface area (Å²) in [5.74, 6) is -0.630. The number of ether oxygens (including phenoxy) is 1. The number of rotatable bonds is 5. The lowest BCUT2D eigenvalue weighted by molar-refractivity contribution is -0.178. The molecule has 0 unspecified atom stereocenters. The minimum absolute atomic E-state index is 0.295. The van der Waals surface area contributed by atoms with Gasteiger partial charge in [0.25, 0.3) is 0 Å². The van der Waals surface area contributed by atoms with Crippen LogP contribution in [0.5, 0.6) is 0 Å². The SMILES string of the molecule is OC[C@H]1O[C@H](Sc2ccc(Cl)c(Cl)c2)[C@H](O)[C@@H](n2cc(-c3nc(F)cs3)nn2)[C@H]1O. The standard InChI is InChI=1S/C17H15Cl2FN4O4S2/c18-8-2-1-7(3-9(8)19)30-17-15(27)13(14(26)11(5-25)28-17)24-4-10(22-23-24)16-21-12(20)6-29-16/h1-4,6,11,13-15,17,25-27H,5H2/t11-,13+,14+,15-,17-/m1/s1. The lowest BCUT2D eigenvalue weighted by Crippen LogP contribution is -2.55. The molecule has 0 aliphatic carbocycles. The summed E-state index contributed by atoms with van der Waals surface area (Å²) < 4.78 is 20.2. The van der Waals surface area contributed by atoms with Gasteiger partial charge in [0, 0.05) is 10.3 Å². The van der Waals surface area contributed by atoms with Gasteiger partial charge in [0.05, 0.1) is 22.8 Å². The average Bonchev–Trinajstić information content (AvgIpc) is 3.36. The van der Waals surface area contributed by atoms with Crippen LogP contribution < -0.4 is 0 Å². The number of aliphatic hydroxyl groups is 3. The number of aliphatic hydroxyl groups excluding tert-OH is 3. The van der Waals surface area contributed by atoms with E-state index in [0.29, 0.717) is 25.6 Å². The maximum absolute atomic E-state index is 13.2. The molecule has 1 saturated heterocycles. The van der Waals surface area contributed by atoms with Crippen LogP contribution in [-0.2, 0) is 4.74 Å². The number of halogens is 3. The van der Waals surface area contributed by atoms with Crippen LogP contribution in [0.4, 0.5) is 4.39 Å². The minimum Gasteiger partial charge on any atom is -0.394 e. The van der Waals surface area contributed by atoms with E-state index in [2.05, 4.69) is 15.3 Å². The summed E-state index contributed by atoms with van der Waals surface area (Å²) in [5.41, 5.74) is -0.554. The van der Waals surface area contributed by atoms with E-state index in [1.54, 1.807) is 18.2 Å². The maximum atomic E-state index is 13.2. The summed E-state index contributed by atoms with van der Waals surface area (Å²) in [6.07, 6.45) is -2.00. The van der Waals surface area contributed by atoms with Gasteiger partial charge in [-0.25, -0.2) is 9.67 Å². The molecule has 3 heterocycles. The topological polar surface area (TPSA) is 114 Å². The van der Waals surface area contributed by atoms with Crippen molar-refractivity contribution in [2.45, 2.75) is 34.7 Å². The molecule has 0 amide bonds. The Morgan fingerprint density at radius 3 is 2.70 bits per heavy atom. The van der Waals surface area contributed by atoms with Crippen molar-refractivity contribution in [3.05, 3.63) is 45.8 Å². The van der Waals surface area contributed by atoms with Crippen molar-refractivity contribution in [1.82, 2.24) is 20.0 Å². The molecule has 4 rings (SSSR count). The van der Waals surface area contributed by atoms with Gasteiger partial charge in [-0.2, -0.15) is 4.39 Å². The van der Waals surface area contributed by atoms with E-state index in [9.17, 15) is 19.7 Å². The third kappa shape index (κ3) is 4.34. The van der Waals surface area contributed by atoms with Gasteiger partial charge in [0.1, 0.15) is 40.5 Å². The van der Waals surface area contributed by atoms with Gasteiger partial charge >= 0.3 is 0 Å². The Balaban J connectivity index is 1.61. The van der Waals surface area contributed by atoms with Gasteiger partial charge in [-0.05, 0) is 18.2 Å². The highest BCUT2D eigenvalue weighted by atomic mass is 35.5. The van der Waals surface area contributed by atoms with E-state index in [1.807, 2.05) is 0 Å². The highest BCUT2D eigenvalue weighted by molar-refractivity contribution is 7.99. The monoisotopic (exact) mass is 492 g/mol. The Labute approximate surface area is 188 Å². The fourth-order valence-corrected chi connectivity index (χ4v) is 5.13. The largest absolute Gasteiger partial charge is 0.394 e. The van der Waals surface area contributed by atoms with E-state index in [-0.39, 0.29) is 0 Å². The second kappa shape index (κ2) is 9.05. The smallest absolute Gasteiger partial charge is 0.224 e. The van der Waals surface area contributed by atoms with Gasteiger partial charge < -0.3 is 20.1 Å². The van der Waals surface area contributed by atoms with Crippen molar-refractivity contribution in [3.63, 3.8) is 0 Å². The highest BCUT2D eigenvalue weighted by Gasteiger charge is 2.46. The number of hydrogen-bond donors (Lipinski definition) is 3. The van der Waals surface area contributed by atoms with Gasteiger partial charge in [-0.1, -0.05) is 40.2 Å². The first-order valence-electron chi connectivity index (χ1n) is 8.64. The molecule has 160 valence electrons. The van der Waals surface area contributed by atoms with Gasteiger partial charge in [0.15, 0.2) is 0 Å². The molecule has 8 nitrogen and oxygen atoms in total. The van der Waals surface area contributed by atoms with Gasteiger partial charge in [-0.3, -0.25) is 0 Å². The van der Waals surface area contributed by atoms with Crippen molar-refractivity contribution < 1.29 is 24.4 Å². The third-order valence-corrected chi connectivity index (χ3v) is 7.23. The van der Waals surface area contributed by atoms with Crippen LogP contribution in [0.2, 0.25) is 10.0 Å². The molecule has 1 fully saturated rings. The van der Waals surface area contributed by atoms with Gasteiger partial charge in [0.2, 0.25) is 5.95 Å². The number of thioether (sulfide) groups is 1. The zero-order valence-corrected chi connectivity index (χ0v) is 18.1. The van der Waals surface area contributed by atoms with Crippen LogP contribution in [0.1, 0.15) is 6.04 Å². The maximum Gasteiger partial charge on any atom is 0.224 e. The van der Waals surface area contributed by atoms with Gasteiger partial charge in [-0.15, -0.1) is 16.4 Å². The molecule has 13 heteroatoms. The van der Waals surface area contributed by atoms with Crippen molar-refractivity contribution in [2.24, 2.45) is 0 Å². The lowest BCUT2D eigenvalue weighted by atomic mass is 9.97. The summed E-state index contributed by atoms with van der Waals surface area (Å²) in [5, 5.41) is 41.4. The molecule has 5 atom stereocenters. The molecule has 2 aromatic heterocycles. The fraction of sp³-hybridized carbons (Fsp3) is 0.353. The highest BCUT2D eigenvalue weighted by Crippen LogP contribution is 2.39. The van der Waals surface area contributed by atoms with Crippen LogP contribution in [-0.4, -0.2) is 65.7 Å². The Kier molecular flexibility index (Phi) is 6.61. The molecule has 0 saturated carbocycles. The predicted molar refractivity (Wildman–Crippen MR) is 110 cm³/mol. The quantitative estimate of drug-likeness (QED) is 0.497. The first kappa shape index (κ1) is 21.9. The molecule has 3 aromatic rings. The van der Waals surface area contributed by atoms with E-state index < -0.39 is 42.3 Å². The van der Waals surface area contributed by atoms with Crippen molar-refractivity contribution in [3.8, 4) is 10.7 Å². The van der Waals surface area contributed by atoms with Crippen molar-refractivity contribution in [1.29, 1.82) is 0 Å². The lowest BCUT2D eigenvalue weighted by Gasteiger charge is -2.41. The molecule has 0 bridgehead atoms. The zero-order valence-electron chi connectivity index (χ0n) is 15.0. The normalized spacial score (nSPS) is 26.8. The zero-order chi connectivity index (χ0) is 21.4. The van der Waals surface area contributed by atoms with E-state index >= 15 is 0 Å². The number of benzene rings is 1. The number of hydrogen-bond acceptors (Lipinski definition) is 9. The van der Waals surface area contributed by atoms with E-state index in [4.69, 9.17) is 27.9 Å². The molecular weight excluding hydrogens is 478 g/mol. The molecule has 30 heavy (non-hydrogen) atoms. The molecular formula is C17H15Cl2FN4O4S2.